The van der Waals surface area contributed by atoms with Crippen LogP contribution in [0, 0.1) is 0 Å². The fourth-order valence-corrected chi connectivity index (χ4v) is 9.56. The first-order valence-corrected chi connectivity index (χ1v) is 22.7. The van der Waals surface area contributed by atoms with Crippen molar-refractivity contribution in [3.05, 3.63) is 140 Å². The van der Waals surface area contributed by atoms with Crippen LogP contribution in [0.15, 0.2) is 72.8 Å². The Labute approximate surface area is 341 Å². The molecule has 8 N–H and O–H groups in total. The van der Waals surface area contributed by atoms with E-state index in [0.717, 1.165) is 25.7 Å². The number of hydrogen-bond acceptors (Lipinski definition) is 4. The van der Waals surface area contributed by atoms with E-state index < -0.39 is 0 Å². The zero-order chi connectivity index (χ0) is 39.9. The summed E-state index contributed by atoms with van der Waals surface area (Å²) in [7, 11) is 0. The Kier molecular flexibility index (Phi) is 17.7. The number of unbranched alkanes of at least 4 members (excludes halogenated alkanes) is 8. The first-order chi connectivity index (χ1) is 27.4. The molecule has 0 saturated carbocycles. The molecule has 4 aromatic rings. The Balaban J connectivity index is 1.88. The van der Waals surface area contributed by atoms with Gasteiger partial charge in [0.2, 0.25) is 0 Å². The summed E-state index contributed by atoms with van der Waals surface area (Å²) in [5.41, 5.74) is 42.4. The summed E-state index contributed by atoms with van der Waals surface area (Å²) in [5, 5.41) is 0. The van der Waals surface area contributed by atoms with Gasteiger partial charge < -0.3 is 22.9 Å². The second kappa shape index (κ2) is 22.6. The van der Waals surface area contributed by atoms with Gasteiger partial charge in [-0.2, -0.15) is 0 Å². The van der Waals surface area contributed by atoms with Crippen molar-refractivity contribution in [1.82, 2.24) is 0 Å². The van der Waals surface area contributed by atoms with Crippen LogP contribution in [0.5, 0.6) is 0 Å². The van der Waals surface area contributed by atoms with Gasteiger partial charge in [0.15, 0.2) is 0 Å². The molecule has 4 heteroatoms. The molecule has 5 rings (SSSR count). The Morgan fingerprint density at radius 2 is 0.464 bits per heavy atom. The van der Waals surface area contributed by atoms with Crippen molar-refractivity contribution in [2.75, 3.05) is 0 Å². The molecule has 0 spiro atoms. The van der Waals surface area contributed by atoms with Gasteiger partial charge in [-0.05, 0) is 92.4 Å². The molecule has 0 fully saturated rings. The Morgan fingerprint density at radius 1 is 0.286 bits per heavy atom. The lowest BCUT2D eigenvalue weighted by atomic mass is 9.76. The summed E-state index contributed by atoms with van der Waals surface area (Å²) in [5.74, 6) is 1.05. The van der Waals surface area contributed by atoms with Crippen LogP contribution in [0.1, 0.15) is 221 Å². The molecule has 56 heavy (non-hydrogen) atoms. The molecule has 0 radical (unpaired) electrons. The average Bonchev–Trinajstić information content (AvgIpc) is 3.23. The summed E-state index contributed by atoms with van der Waals surface area (Å²) in [4.78, 5) is 0. The molecule has 8 bridgehead atoms. The van der Waals surface area contributed by atoms with E-state index in [9.17, 15) is 0 Å². The number of hydrogen-bond donors (Lipinski definition) is 4. The lowest BCUT2D eigenvalue weighted by Gasteiger charge is -2.29. The summed E-state index contributed by atoms with van der Waals surface area (Å²) < 4.78 is 0. The summed E-state index contributed by atoms with van der Waals surface area (Å²) in [6.45, 7) is 11.4. The molecular formula is C52H76N4. The normalized spacial score (nSPS) is 18.0. The molecule has 0 atom stereocenters. The van der Waals surface area contributed by atoms with Gasteiger partial charge in [-0.15, -0.1) is 0 Å². The largest absolute Gasteiger partial charge is 0.326 e. The zero-order valence-corrected chi connectivity index (χ0v) is 35.7. The van der Waals surface area contributed by atoms with Gasteiger partial charge in [0.05, 0.1) is 0 Å². The second-order valence-corrected chi connectivity index (χ2v) is 17.0. The minimum atomic E-state index is 0.261. The van der Waals surface area contributed by atoms with E-state index in [2.05, 4.69) is 100 Å². The van der Waals surface area contributed by atoms with Crippen molar-refractivity contribution in [3.8, 4) is 0 Å². The van der Waals surface area contributed by atoms with Crippen LogP contribution in [-0.4, -0.2) is 0 Å². The Hall–Kier alpha value is -3.28. The molecule has 0 aliphatic heterocycles. The minimum Gasteiger partial charge on any atom is -0.326 e. The highest BCUT2D eigenvalue weighted by molar-refractivity contribution is 5.50. The number of fused-ring (bicyclic) bond motifs is 8. The summed E-state index contributed by atoms with van der Waals surface area (Å²) in [6.07, 6.45) is 18.9. The van der Waals surface area contributed by atoms with Crippen LogP contribution in [-0.2, 0) is 26.2 Å². The molecule has 0 saturated heterocycles. The minimum absolute atomic E-state index is 0.261. The van der Waals surface area contributed by atoms with Gasteiger partial charge in [0.1, 0.15) is 0 Å². The van der Waals surface area contributed by atoms with E-state index in [1.54, 1.807) is 0 Å². The molecule has 0 aromatic heterocycles. The van der Waals surface area contributed by atoms with E-state index in [1.165, 1.54) is 144 Å². The van der Waals surface area contributed by atoms with Crippen LogP contribution in [0.2, 0.25) is 0 Å². The molecular weight excluding hydrogens is 681 g/mol. The lowest BCUT2D eigenvalue weighted by molar-refractivity contribution is 0.598. The van der Waals surface area contributed by atoms with Crippen LogP contribution < -0.4 is 22.9 Å². The van der Waals surface area contributed by atoms with E-state index in [4.69, 9.17) is 22.9 Å². The van der Waals surface area contributed by atoms with Gasteiger partial charge in [0.25, 0.3) is 0 Å². The predicted octanol–water partition coefficient (Wildman–Crippen LogP) is 12.7. The second-order valence-electron chi connectivity index (χ2n) is 17.0. The van der Waals surface area contributed by atoms with Crippen molar-refractivity contribution in [3.63, 3.8) is 0 Å². The van der Waals surface area contributed by atoms with Gasteiger partial charge >= 0.3 is 0 Å². The number of benzene rings is 4. The van der Waals surface area contributed by atoms with Gasteiger partial charge in [-0.25, -0.2) is 0 Å². The van der Waals surface area contributed by atoms with Crippen LogP contribution in [0.3, 0.4) is 0 Å². The first-order valence-electron chi connectivity index (χ1n) is 22.7. The monoisotopic (exact) mass is 757 g/mol. The van der Waals surface area contributed by atoms with Crippen molar-refractivity contribution in [2.24, 2.45) is 22.9 Å². The van der Waals surface area contributed by atoms with Crippen LogP contribution in [0.25, 0.3) is 0 Å². The molecule has 0 unspecified atom stereocenters. The van der Waals surface area contributed by atoms with Crippen LogP contribution in [0.4, 0.5) is 0 Å². The third kappa shape index (κ3) is 11.4. The van der Waals surface area contributed by atoms with Crippen molar-refractivity contribution in [2.45, 2.75) is 180 Å². The molecule has 0 heterocycles. The van der Waals surface area contributed by atoms with E-state index >= 15 is 0 Å². The molecule has 4 aromatic carbocycles. The van der Waals surface area contributed by atoms with Crippen molar-refractivity contribution >= 4 is 0 Å². The lowest BCUT2D eigenvalue weighted by Crippen LogP contribution is -2.13. The maximum atomic E-state index is 6.58. The Bertz CT molecular complexity index is 1440. The smallest absolute Gasteiger partial charge is 0.0178 e. The number of nitrogens with two attached hydrogens (primary N) is 4. The highest BCUT2D eigenvalue weighted by atomic mass is 14.5. The van der Waals surface area contributed by atoms with Gasteiger partial charge in [0, 0.05) is 49.9 Å². The van der Waals surface area contributed by atoms with E-state index in [-0.39, 0.29) is 23.7 Å². The SMILES string of the molecule is CCCCCC1c2cc(CN)cc(c2)C(CCCCC)c2cc(CN)cc(c2)C(CCCCC)c2cc(CN)cc(c2)C(CCCCC)c2cc(CN)cc1c2. The third-order valence-electron chi connectivity index (χ3n) is 12.7. The molecule has 0 amide bonds. The van der Waals surface area contributed by atoms with E-state index in [0.29, 0.717) is 26.2 Å². The highest BCUT2D eigenvalue weighted by Crippen LogP contribution is 2.42. The highest BCUT2D eigenvalue weighted by Gasteiger charge is 2.26. The maximum absolute atomic E-state index is 6.58. The predicted molar refractivity (Wildman–Crippen MR) is 241 cm³/mol. The standard InChI is InChI=1S/C52H76N4/c1-5-9-13-17-49-41-21-37(33-53)23-43(29-41)50(18-14-10-6-2)45-25-39(35-55)27-47(31-45)52(20-16-12-8-4)48-28-40(36-56)26-46(32-48)51(19-15-11-7-3)44-24-38(34-54)22-42(49)30-44/h21-32,49-52H,5-20,33-36,53-56H2,1-4H3. The Morgan fingerprint density at radius 3 is 0.607 bits per heavy atom. The van der Waals surface area contributed by atoms with E-state index in [1.807, 2.05) is 0 Å². The van der Waals surface area contributed by atoms with Gasteiger partial charge in [-0.3, -0.25) is 0 Å². The zero-order valence-electron chi connectivity index (χ0n) is 35.7. The average molecular weight is 757 g/mol. The quantitative estimate of drug-likeness (QED) is 0.0674. The molecule has 1 aliphatic rings. The first kappa shape index (κ1) is 43.8. The third-order valence-corrected chi connectivity index (χ3v) is 12.7. The van der Waals surface area contributed by atoms with Crippen LogP contribution >= 0.6 is 0 Å². The number of rotatable bonds is 20. The van der Waals surface area contributed by atoms with Gasteiger partial charge in [-0.1, -0.05) is 178 Å². The van der Waals surface area contributed by atoms with Crippen molar-refractivity contribution in [1.29, 1.82) is 0 Å². The fourth-order valence-electron chi connectivity index (χ4n) is 9.56. The molecule has 1 aliphatic carbocycles. The summed E-state index contributed by atoms with van der Waals surface area (Å²) in [6, 6.07) is 29.6. The summed E-state index contributed by atoms with van der Waals surface area (Å²) >= 11 is 0. The molecule has 4 nitrogen and oxygen atoms in total. The van der Waals surface area contributed by atoms with Crippen molar-refractivity contribution < 1.29 is 0 Å². The molecule has 304 valence electrons. The maximum Gasteiger partial charge on any atom is 0.0178 e. The topological polar surface area (TPSA) is 104 Å². The fraction of sp³-hybridized carbons (Fsp3) is 0.538.